The van der Waals surface area contributed by atoms with Crippen LogP contribution in [0, 0.1) is 17.7 Å². The number of ketones is 1. The Hall–Kier alpha value is -3.21. The molecule has 0 saturated heterocycles. The zero-order valence-electron chi connectivity index (χ0n) is 24.7. The highest BCUT2D eigenvalue weighted by Gasteiger charge is 2.30. The van der Waals surface area contributed by atoms with Crippen LogP contribution in [-0.4, -0.2) is 52.7 Å². The van der Waals surface area contributed by atoms with Crippen molar-refractivity contribution >= 4 is 40.6 Å². The van der Waals surface area contributed by atoms with Crippen molar-refractivity contribution in [3.8, 4) is 0 Å². The van der Waals surface area contributed by atoms with Crippen LogP contribution in [0.4, 0.5) is 9.18 Å². The molecule has 0 aliphatic heterocycles. The van der Waals surface area contributed by atoms with Crippen molar-refractivity contribution in [3.63, 3.8) is 0 Å². The van der Waals surface area contributed by atoms with E-state index in [2.05, 4.69) is 10.6 Å². The van der Waals surface area contributed by atoms with Gasteiger partial charge in [0.1, 0.15) is 5.82 Å². The molecule has 0 heterocycles. The second kappa shape index (κ2) is 18.4. The van der Waals surface area contributed by atoms with Gasteiger partial charge in [-0.15, -0.1) is 0 Å². The first kappa shape index (κ1) is 35.0. The number of carbonyl (C=O) groups excluding carboxylic acids is 5. The Labute approximate surface area is 252 Å². The molecule has 1 aliphatic rings. The maximum absolute atomic E-state index is 13.6. The lowest BCUT2D eigenvalue weighted by atomic mass is 9.89. The van der Waals surface area contributed by atoms with Crippen molar-refractivity contribution in [2.24, 2.45) is 17.6 Å². The number of rotatable bonds is 17. The van der Waals surface area contributed by atoms with Gasteiger partial charge in [0.2, 0.25) is 11.8 Å². The molecule has 1 fully saturated rings. The second-order valence-electron chi connectivity index (χ2n) is 11.1. The Morgan fingerprint density at radius 3 is 2.36 bits per heavy atom. The van der Waals surface area contributed by atoms with Gasteiger partial charge in [-0.1, -0.05) is 56.7 Å². The van der Waals surface area contributed by atoms with E-state index in [0.717, 1.165) is 25.7 Å². The number of hydrogen-bond acceptors (Lipinski definition) is 7. The molecule has 11 heteroatoms. The Morgan fingerprint density at radius 1 is 1.10 bits per heavy atom. The predicted molar refractivity (Wildman–Crippen MR) is 161 cm³/mol. The zero-order valence-corrected chi connectivity index (χ0v) is 25.6. The molecule has 1 aromatic carbocycles. The SMILES string of the molecule is CCOC(=O)/C=C/[C@H](CCC(N)=O)NC(=O)[C@@H](CC(=O)[C@H](CC(C)C)NC(=O)SC1CCCC1)Cc1ccc(F)cc1. The molecule has 1 saturated carbocycles. The quantitative estimate of drug-likeness (QED) is 0.174. The smallest absolute Gasteiger partial charge is 0.330 e. The summed E-state index contributed by atoms with van der Waals surface area (Å²) in [6.45, 7) is 5.76. The van der Waals surface area contributed by atoms with Crippen LogP contribution in [0.25, 0.3) is 0 Å². The number of Topliss-reactive ketones (excluding diaryl/α,β-unsaturated/α-hetero) is 1. The van der Waals surface area contributed by atoms with Gasteiger partial charge in [-0.25, -0.2) is 9.18 Å². The minimum Gasteiger partial charge on any atom is -0.463 e. The summed E-state index contributed by atoms with van der Waals surface area (Å²) in [5, 5.41) is 5.71. The summed E-state index contributed by atoms with van der Waals surface area (Å²) in [5.74, 6) is -3.09. The summed E-state index contributed by atoms with van der Waals surface area (Å²) in [7, 11) is 0. The van der Waals surface area contributed by atoms with Crippen LogP contribution >= 0.6 is 11.8 Å². The molecule has 9 nitrogen and oxygen atoms in total. The first-order valence-electron chi connectivity index (χ1n) is 14.6. The molecule has 3 atom stereocenters. The van der Waals surface area contributed by atoms with Crippen LogP contribution in [-0.2, 0) is 30.3 Å². The fourth-order valence-corrected chi connectivity index (χ4v) is 5.91. The van der Waals surface area contributed by atoms with E-state index < -0.39 is 41.6 Å². The number of ether oxygens (including phenoxy) is 1. The number of esters is 1. The van der Waals surface area contributed by atoms with Crippen LogP contribution in [0.15, 0.2) is 36.4 Å². The van der Waals surface area contributed by atoms with E-state index in [1.165, 1.54) is 36.0 Å². The Morgan fingerprint density at radius 2 is 1.76 bits per heavy atom. The summed E-state index contributed by atoms with van der Waals surface area (Å²) in [4.78, 5) is 63.2. The maximum Gasteiger partial charge on any atom is 0.330 e. The van der Waals surface area contributed by atoms with Gasteiger partial charge < -0.3 is 21.1 Å². The van der Waals surface area contributed by atoms with Gasteiger partial charge in [0.25, 0.3) is 5.24 Å². The van der Waals surface area contributed by atoms with E-state index in [1.54, 1.807) is 19.1 Å². The Balaban J connectivity index is 2.23. The Bertz CT molecular complexity index is 1090. The third-order valence-corrected chi connectivity index (χ3v) is 8.09. The second-order valence-corrected chi connectivity index (χ2v) is 12.3. The molecule has 1 aliphatic carbocycles. The maximum atomic E-state index is 13.6. The van der Waals surface area contributed by atoms with E-state index in [0.29, 0.717) is 12.0 Å². The van der Waals surface area contributed by atoms with Gasteiger partial charge in [0.05, 0.1) is 12.6 Å². The minimum absolute atomic E-state index is 0.0408. The van der Waals surface area contributed by atoms with Crippen molar-refractivity contribution in [2.45, 2.75) is 95.9 Å². The standard InChI is InChI=1S/C31H44FN3O6S/c1-4-41-29(38)16-14-24(13-15-28(33)37)34-30(39)22(18-21-9-11-23(32)12-10-21)19-27(36)26(17-20(2)3)35-31(40)42-25-7-5-6-8-25/h9-12,14,16,20,22,24-26H,4-8,13,15,17-19H2,1-3H3,(H2,33,37)(H,34,39)(H,35,40)/b16-14+/t22-,24+,26+/m1/s1. The first-order valence-corrected chi connectivity index (χ1v) is 15.5. The molecule has 0 bridgehead atoms. The number of halogens is 1. The molecule has 0 unspecified atom stereocenters. The predicted octanol–water partition coefficient (Wildman–Crippen LogP) is 4.61. The van der Waals surface area contributed by atoms with Crippen LogP contribution in [0.3, 0.4) is 0 Å². The van der Waals surface area contributed by atoms with E-state index in [-0.39, 0.29) is 54.5 Å². The van der Waals surface area contributed by atoms with Crippen molar-refractivity contribution in [3.05, 3.63) is 47.8 Å². The van der Waals surface area contributed by atoms with Crippen LogP contribution < -0.4 is 16.4 Å². The average molecular weight is 606 g/mol. The van der Waals surface area contributed by atoms with Crippen LogP contribution in [0.1, 0.15) is 77.7 Å². The summed E-state index contributed by atoms with van der Waals surface area (Å²) >= 11 is 1.24. The summed E-state index contributed by atoms with van der Waals surface area (Å²) in [6.07, 6.45) is 7.22. The number of hydrogen-bond donors (Lipinski definition) is 3. The summed E-state index contributed by atoms with van der Waals surface area (Å²) < 4.78 is 18.5. The lowest BCUT2D eigenvalue weighted by Crippen LogP contribution is -2.44. The lowest BCUT2D eigenvalue weighted by molar-refractivity contribution is -0.137. The molecule has 0 aromatic heterocycles. The van der Waals surface area contributed by atoms with Crippen LogP contribution in [0.2, 0.25) is 0 Å². The highest BCUT2D eigenvalue weighted by atomic mass is 32.2. The van der Waals surface area contributed by atoms with Crippen molar-refractivity contribution < 1.29 is 33.1 Å². The van der Waals surface area contributed by atoms with Crippen LogP contribution in [0.5, 0.6) is 0 Å². The monoisotopic (exact) mass is 605 g/mol. The van der Waals surface area contributed by atoms with Gasteiger partial charge in [-0.2, -0.15) is 0 Å². The zero-order chi connectivity index (χ0) is 31.1. The normalized spacial score (nSPS) is 15.7. The highest BCUT2D eigenvalue weighted by molar-refractivity contribution is 8.14. The molecule has 1 aromatic rings. The number of benzene rings is 1. The number of nitrogens with one attached hydrogen (secondary N) is 2. The van der Waals surface area contributed by atoms with Crippen molar-refractivity contribution in [1.29, 1.82) is 0 Å². The van der Waals surface area contributed by atoms with E-state index in [1.807, 2.05) is 13.8 Å². The average Bonchev–Trinajstić information content (AvgIpc) is 3.43. The molecular weight excluding hydrogens is 561 g/mol. The molecule has 42 heavy (non-hydrogen) atoms. The van der Waals surface area contributed by atoms with Gasteiger partial charge in [0.15, 0.2) is 5.78 Å². The van der Waals surface area contributed by atoms with Gasteiger partial charge in [0, 0.05) is 36.1 Å². The van der Waals surface area contributed by atoms with E-state index in [9.17, 15) is 28.4 Å². The third kappa shape index (κ3) is 13.6. The third-order valence-electron chi connectivity index (χ3n) is 6.96. The van der Waals surface area contributed by atoms with Crippen molar-refractivity contribution in [1.82, 2.24) is 10.6 Å². The van der Waals surface area contributed by atoms with E-state index in [4.69, 9.17) is 10.5 Å². The summed E-state index contributed by atoms with van der Waals surface area (Å²) in [6, 6.07) is 4.18. The lowest BCUT2D eigenvalue weighted by Gasteiger charge is -2.24. The molecule has 0 radical (unpaired) electrons. The van der Waals surface area contributed by atoms with E-state index >= 15 is 0 Å². The van der Waals surface area contributed by atoms with Gasteiger partial charge in [-0.3, -0.25) is 19.2 Å². The van der Waals surface area contributed by atoms with Gasteiger partial charge >= 0.3 is 5.97 Å². The number of nitrogens with two attached hydrogens (primary N) is 1. The molecular formula is C31H44FN3O6S. The number of thioether (sulfide) groups is 1. The molecule has 2 rings (SSSR count). The highest BCUT2D eigenvalue weighted by Crippen LogP contribution is 2.30. The topological polar surface area (TPSA) is 145 Å². The molecule has 232 valence electrons. The van der Waals surface area contributed by atoms with Gasteiger partial charge in [-0.05, 0) is 62.6 Å². The Kier molecular flexibility index (Phi) is 15.3. The number of amides is 3. The molecule has 3 amide bonds. The number of carbonyl (C=O) groups is 5. The molecule has 4 N–H and O–H groups in total. The fraction of sp³-hybridized carbons (Fsp3) is 0.581. The molecule has 0 spiro atoms. The fourth-order valence-electron chi connectivity index (χ4n) is 4.82. The summed E-state index contributed by atoms with van der Waals surface area (Å²) in [5.41, 5.74) is 5.95. The first-order chi connectivity index (χ1) is 20.0. The van der Waals surface area contributed by atoms with Crippen molar-refractivity contribution in [2.75, 3.05) is 6.61 Å². The largest absolute Gasteiger partial charge is 0.463 e. The minimum atomic E-state index is -0.857. The number of primary amides is 1.